The fraction of sp³-hybridized carbons (Fsp3) is 0.222. The smallest absolute Gasteiger partial charge is 0.141 e. The van der Waals surface area contributed by atoms with Crippen molar-refractivity contribution >= 4 is 38.6 Å². The summed E-state index contributed by atoms with van der Waals surface area (Å²) >= 11 is 9.21. The third-order valence-electron chi connectivity index (χ3n) is 1.90. The van der Waals surface area contributed by atoms with E-state index in [-0.39, 0.29) is 0 Å². The molecule has 0 saturated carbocycles. The summed E-state index contributed by atoms with van der Waals surface area (Å²) in [4.78, 5) is 4.26. The fourth-order valence-electron chi connectivity index (χ4n) is 1.31. The molecule has 0 fully saturated rings. The zero-order valence-corrected chi connectivity index (χ0v) is 9.22. The van der Waals surface area contributed by atoms with Crippen LogP contribution in [0.4, 0.5) is 0 Å². The van der Waals surface area contributed by atoms with Gasteiger partial charge in [-0.2, -0.15) is 0 Å². The van der Waals surface area contributed by atoms with Crippen molar-refractivity contribution in [3.63, 3.8) is 0 Å². The van der Waals surface area contributed by atoms with Crippen molar-refractivity contribution in [3.8, 4) is 0 Å². The standard InChI is InChI=1S/C9H8BrClN2/c10-4-6-13-5-3-7-1-2-8(11)12-9(7)13/h1-3,5H,4,6H2. The number of nitrogens with zero attached hydrogens (tertiary/aromatic N) is 2. The van der Waals surface area contributed by atoms with Crippen LogP contribution in [0.15, 0.2) is 24.4 Å². The number of pyridine rings is 1. The molecule has 0 bridgehead atoms. The number of rotatable bonds is 2. The van der Waals surface area contributed by atoms with Crippen molar-refractivity contribution in [2.24, 2.45) is 0 Å². The van der Waals surface area contributed by atoms with Gasteiger partial charge in [0, 0.05) is 23.5 Å². The van der Waals surface area contributed by atoms with Crippen LogP contribution in [0.5, 0.6) is 0 Å². The third-order valence-corrected chi connectivity index (χ3v) is 2.47. The van der Waals surface area contributed by atoms with E-state index < -0.39 is 0 Å². The molecule has 0 aliphatic carbocycles. The van der Waals surface area contributed by atoms with Crippen molar-refractivity contribution in [3.05, 3.63) is 29.5 Å². The van der Waals surface area contributed by atoms with Crippen LogP contribution < -0.4 is 0 Å². The Labute approximate surface area is 89.7 Å². The van der Waals surface area contributed by atoms with Crippen LogP contribution in [-0.2, 0) is 6.54 Å². The van der Waals surface area contributed by atoms with Gasteiger partial charge in [-0.25, -0.2) is 4.98 Å². The molecule has 0 aliphatic rings. The van der Waals surface area contributed by atoms with E-state index in [2.05, 4.69) is 25.5 Å². The summed E-state index contributed by atoms with van der Waals surface area (Å²) in [5.41, 5.74) is 0.951. The average molecular weight is 260 g/mol. The highest BCUT2D eigenvalue weighted by Gasteiger charge is 2.01. The molecule has 2 heterocycles. The Bertz CT molecular complexity index is 424. The van der Waals surface area contributed by atoms with Crippen molar-refractivity contribution in [2.45, 2.75) is 6.54 Å². The van der Waals surface area contributed by atoms with E-state index in [4.69, 9.17) is 11.6 Å². The number of alkyl halides is 1. The Morgan fingerprint density at radius 3 is 3.00 bits per heavy atom. The minimum absolute atomic E-state index is 0.544. The maximum Gasteiger partial charge on any atom is 0.141 e. The first-order valence-corrected chi connectivity index (χ1v) is 5.48. The molecule has 0 aromatic carbocycles. The van der Waals surface area contributed by atoms with Crippen molar-refractivity contribution in [1.82, 2.24) is 9.55 Å². The Hall–Kier alpha value is -0.540. The van der Waals surface area contributed by atoms with Crippen LogP contribution >= 0.6 is 27.5 Å². The Balaban J connectivity index is 2.58. The van der Waals surface area contributed by atoms with Gasteiger partial charge in [0.25, 0.3) is 0 Å². The highest BCUT2D eigenvalue weighted by atomic mass is 79.9. The van der Waals surface area contributed by atoms with E-state index >= 15 is 0 Å². The molecule has 2 nitrogen and oxygen atoms in total. The molecular formula is C9H8BrClN2. The molecule has 4 heteroatoms. The predicted octanol–water partition coefficient (Wildman–Crippen LogP) is 3.08. The zero-order chi connectivity index (χ0) is 9.26. The van der Waals surface area contributed by atoms with E-state index in [1.165, 1.54) is 0 Å². The molecule has 0 unspecified atom stereocenters. The van der Waals surface area contributed by atoms with Gasteiger partial charge in [-0.15, -0.1) is 0 Å². The van der Waals surface area contributed by atoms with Gasteiger partial charge < -0.3 is 4.57 Å². The monoisotopic (exact) mass is 258 g/mol. The number of aromatic nitrogens is 2. The molecule has 0 radical (unpaired) electrons. The topological polar surface area (TPSA) is 17.8 Å². The summed E-state index contributed by atoms with van der Waals surface area (Å²) in [6.07, 6.45) is 2.02. The van der Waals surface area contributed by atoms with Crippen LogP contribution in [0.3, 0.4) is 0 Å². The van der Waals surface area contributed by atoms with Gasteiger partial charge in [0.05, 0.1) is 0 Å². The molecule has 0 atom stereocenters. The van der Waals surface area contributed by atoms with Gasteiger partial charge >= 0.3 is 0 Å². The van der Waals surface area contributed by atoms with Gasteiger partial charge in [0.15, 0.2) is 0 Å². The lowest BCUT2D eigenvalue weighted by atomic mass is 10.3. The van der Waals surface area contributed by atoms with Crippen LogP contribution in [0.1, 0.15) is 0 Å². The average Bonchev–Trinajstić information content (AvgIpc) is 2.49. The minimum atomic E-state index is 0.544. The maximum atomic E-state index is 5.81. The van der Waals surface area contributed by atoms with Crippen LogP contribution in [0.25, 0.3) is 11.0 Å². The maximum absolute atomic E-state index is 5.81. The molecular weight excluding hydrogens is 251 g/mol. The summed E-state index contributed by atoms with van der Waals surface area (Å²) in [6, 6.07) is 5.83. The van der Waals surface area contributed by atoms with Crippen LogP contribution in [-0.4, -0.2) is 14.9 Å². The second kappa shape index (κ2) is 3.68. The molecule has 0 spiro atoms. The lowest BCUT2D eigenvalue weighted by Gasteiger charge is -2.00. The molecule has 0 amide bonds. The highest BCUT2D eigenvalue weighted by Crippen LogP contribution is 2.16. The predicted molar refractivity (Wildman–Crippen MR) is 58.5 cm³/mol. The SMILES string of the molecule is Clc1ccc2ccn(CCBr)c2n1. The highest BCUT2D eigenvalue weighted by molar-refractivity contribution is 9.09. The summed E-state index contributed by atoms with van der Waals surface area (Å²) < 4.78 is 2.08. The van der Waals surface area contributed by atoms with Gasteiger partial charge in [0.2, 0.25) is 0 Å². The molecule has 0 N–H and O–H groups in total. The third kappa shape index (κ3) is 1.71. The van der Waals surface area contributed by atoms with E-state index in [0.29, 0.717) is 5.15 Å². The number of hydrogen-bond acceptors (Lipinski definition) is 1. The zero-order valence-electron chi connectivity index (χ0n) is 6.87. The van der Waals surface area contributed by atoms with Crippen molar-refractivity contribution in [2.75, 3.05) is 5.33 Å². The van der Waals surface area contributed by atoms with Gasteiger partial charge in [-0.3, -0.25) is 0 Å². The Kier molecular flexibility index (Phi) is 2.56. The normalized spacial score (nSPS) is 10.9. The molecule has 2 rings (SSSR count). The molecule has 0 saturated heterocycles. The summed E-state index contributed by atoms with van der Waals surface area (Å²) in [5.74, 6) is 0. The second-order valence-corrected chi connectivity index (χ2v) is 3.93. The number of hydrogen-bond donors (Lipinski definition) is 0. The van der Waals surface area contributed by atoms with E-state index in [1.54, 1.807) is 0 Å². The first kappa shape index (κ1) is 9.03. The lowest BCUT2D eigenvalue weighted by molar-refractivity contribution is 0.801. The Morgan fingerprint density at radius 1 is 1.38 bits per heavy atom. The molecule has 13 heavy (non-hydrogen) atoms. The molecule has 2 aromatic rings. The van der Waals surface area contributed by atoms with Crippen LogP contribution in [0.2, 0.25) is 5.15 Å². The minimum Gasteiger partial charge on any atom is -0.332 e. The Morgan fingerprint density at radius 2 is 2.23 bits per heavy atom. The van der Waals surface area contributed by atoms with E-state index in [1.807, 2.05) is 24.4 Å². The molecule has 68 valence electrons. The number of fused-ring (bicyclic) bond motifs is 1. The molecule has 2 aromatic heterocycles. The number of halogens is 2. The summed E-state index contributed by atoms with van der Waals surface area (Å²) in [6.45, 7) is 0.914. The molecule has 0 aliphatic heterocycles. The fourth-order valence-corrected chi connectivity index (χ4v) is 1.83. The van der Waals surface area contributed by atoms with Gasteiger partial charge in [-0.1, -0.05) is 27.5 Å². The summed E-state index contributed by atoms with van der Waals surface area (Å²) in [5, 5.41) is 2.60. The second-order valence-electron chi connectivity index (χ2n) is 2.74. The lowest BCUT2D eigenvalue weighted by Crippen LogP contribution is -1.97. The summed E-state index contributed by atoms with van der Waals surface area (Å²) in [7, 11) is 0. The number of aryl methyl sites for hydroxylation is 1. The van der Waals surface area contributed by atoms with E-state index in [9.17, 15) is 0 Å². The largest absolute Gasteiger partial charge is 0.332 e. The van der Waals surface area contributed by atoms with Crippen molar-refractivity contribution < 1.29 is 0 Å². The first-order chi connectivity index (χ1) is 6.31. The van der Waals surface area contributed by atoms with Gasteiger partial charge in [0.1, 0.15) is 10.8 Å². The van der Waals surface area contributed by atoms with Crippen LogP contribution in [0, 0.1) is 0 Å². The van der Waals surface area contributed by atoms with Crippen molar-refractivity contribution in [1.29, 1.82) is 0 Å². The first-order valence-electron chi connectivity index (χ1n) is 3.98. The quantitative estimate of drug-likeness (QED) is 0.599. The van der Waals surface area contributed by atoms with Gasteiger partial charge in [-0.05, 0) is 18.2 Å². The van der Waals surface area contributed by atoms with E-state index in [0.717, 1.165) is 22.9 Å².